The maximum Gasteiger partial charge on any atom is 0.416 e. The average Bonchev–Trinajstić information content (AvgIpc) is 3.53. The number of hydrogen-bond acceptors (Lipinski definition) is 2. The number of halogens is 4. The second-order valence-corrected chi connectivity index (χ2v) is 7.60. The number of piperazine rings is 1. The molecular formula is C22H19F4N3O. The molecule has 0 aromatic heterocycles. The lowest BCUT2D eigenvalue weighted by Gasteiger charge is -2.37. The number of nitrogens with zero attached hydrogens (tertiary/aromatic N) is 3. The van der Waals surface area contributed by atoms with Gasteiger partial charge in [0.1, 0.15) is 5.82 Å². The van der Waals surface area contributed by atoms with Gasteiger partial charge in [-0.1, -0.05) is 24.3 Å². The lowest BCUT2D eigenvalue weighted by atomic mass is 10.1. The van der Waals surface area contributed by atoms with E-state index in [0.29, 0.717) is 32.6 Å². The number of amides is 1. The van der Waals surface area contributed by atoms with Crippen LogP contribution in [-0.2, 0) is 11.0 Å². The summed E-state index contributed by atoms with van der Waals surface area (Å²) in [4.78, 5) is 19.7. The van der Waals surface area contributed by atoms with E-state index in [4.69, 9.17) is 6.57 Å². The minimum Gasteiger partial charge on any atom is -0.374 e. The predicted molar refractivity (Wildman–Crippen MR) is 104 cm³/mol. The van der Waals surface area contributed by atoms with Gasteiger partial charge in [-0.2, -0.15) is 13.2 Å². The molecule has 4 rings (SSSR count). The van der Waals surface area contributed by atoms with Crippen LogP contribution >= 0.6 is 0 Å². The fraction of sp³-hybridized carbons (Fsp3) is 0.364. The highest BCUT2D eigenvalue weighted by molar-refractivity contribution is 5.83. The number of carbonyl (C=O) groups is 1. The van der Waals surface area contributed by atoms with Crippen molar-refractivity contribution in [3.63, 3.8) is 0 Å². The number of hydrogen-bond donors (Lipinski definition) is 0. The van der Waals surface area contributed by atoms with Gasteiger partial charge < -0.3 is 9.80 Å². The second kappa shape index (κ2) is 7.63. The van der Waals surface area contributed by atoms with Gasteiger partial charge in [-0.15, -0.1) is 0 Å². The minimum absolute atomic E-state index is 0.0153. The Morgan fingerprint density at radius 3 is 2.30 bits per heavy atom. The highest BCUT2D eigenvalue weighted by Gasteiger charge is 2.46. The maximum absolute atomic E-state index is 14.2. The maximum atomic E-state index is 14.2. The van der Waals surface area contributed by atoms with Gasteiger partial charge >= 0.3 is 6.18 Å². The lowest BCUT2D eigenvalue weighted by Crippen LogP contribution is -2.49. The Kier molecular flexibility index (Phi) is 5.14. The summed E-state index contributed by atoms with van der Waals surface area (Å²) in [6, 6.07) is 9.39. The van der Waals surface area contributed by atoms with Crippen molar-refractivity contribution >= 4 is 17.3 Å². The van der Waals surface area contributed by atoms with Crippen molar-refractivity contribution in [3.05, 3.63) is 70.8 Å². The summed E-state index contributed by atoms with van der Waals surface area (Å²) >= 11 is 0. The number of benzene rings is 2. The van der Waals surface area contributed by atoms with Crippen LogP contribution in [-0.4, -0.2) is 37.0 Å². The summed E-state index contributed by atoms with van der Waals surface area (Å²) in [5, 5.41) is 0. The van der Waals surface area contributed by atoms with E-state index in [2.05, 4.69) is 4.85 Å². The molecule has 0 bridgehead atoms. The van der Waals surface area contributed by atoms with Gasteiger partial charge in [-0.25, -0.2) is 9.24 Å². The zero-order valence-corrected chi connectivity index (χ0v) is 16.0. The fourth-order valence-electron chi connectivity index (χ4n) is 4.05. The van der Waals surface area contributed by atoms with Crippen molar-refractivity contribution in [2.75, 3.05) is 31.1 Å². The summed E-state index contributed by atoms with van der Waals surface area (Å²) in [5.74, 6) is -0.745. The molecule has 2 aliphatic rings. The molecule has 0 N–H and O–H groups in total. The van der Waals surface area contributed by atoms with Crippen molar-refractivity contribution in [1.29, 1.82) is 0 Å². The van der Waals surface area contributed by atoms with Gasteiger partial charge in [0, 0.05) is 32.1 Å². The summed E-state index contributed by atoms with van der Waals surface area (Å²) in [6.45, 7) is 8.91. The largest absolute Gasteiger partial charge is 0.416 e. The zero-order valence-electron chi connectivity index (χ0n) is 16.0. The fourth-order valence-corrected chi connectivity index (χ4v) is 4.05. The molecule has 1 aliphatic carbocycles. The number of para-hydroxylation sites is 1. The Morgan fingerprint density at radius 2 is 1.70 bits per heavy atom. The quantitative estimate of drug-likeness (QED) is 0.528. The van der Waals surface area contributed by atoms with E-state index in [-0.39, 0.29) is 29.1 Å². The molecule has 0 spiro atoms. The van der Waals surface area contributed by atoms with Crippen LogP contribution in [0.15, 0.2) is 42.5 Å². The van der Waals surface area contributed by atoms with Crippen LogP contribution in [0.1, 0.15) is 23.5 Å². The summed E-state index contributed by atoms with van der Waals surface area (Å²) in [6.07, 6.45) is -3.75. The molecule has 0 radical (unpaired) electrons. The molecule has 1 saturated carbocycles. The molecule has 2 atom stereocenters. The van der Waals surface area contributed by atoms with E-state index in [9.17, 15) is 22.4 Å². The molecule has 1 heterocycles. The Morgan fingerprint density at radius 1 is 1.03 bits per heavy atom. The monoisotopic (exact) mass is 417 g/mol. The number of anilines is 1. The van der Waals surface area contributed by atoms with Crippen LogP contribution < -0.4 is 4.90 Å². The first-order valence-corrected chi connectivity index (χ1v) is 9.66. The van der Waals surface area contributed by atoms with Crippen LogP contribution in [0.2, 0.25) is 0 Å². The van der Waals surface area contributed by atoms with E-state index in [1.165, 1.54) is 24.3 Å². The molecule has 1 saturated heterocycles. The van der Waals surface area contributed by atoms with Gasteiger partial charge in [0.15, 0.2) is 0 Å². The third kappa shape index (κ3) is 3.84. The van der Waals surface area contributed by atoms with Crippen LogP contribution in [0, 0.1) is 18.3 Å². The van der Waals surface area contributed by atoms with Crippen LogP contribution in [0.4, 0.5) is 28.9 Å². The lowest BCUT2D eigenvalue weighted by molar-refractivity contribution is -0.137. The molecule has 4 nitrogen and oxygen atoms in total. The van der Waals surface area contributed by atoms with Gasteiger partial charge in [0.2, 0.25) is 11.6 Å². The van der Waals surface area contributed by atoms with Crippen molar-refractivity contribution in [2.24, 2.45) is 5.92 Å². The van der Waals surface area contributed by atoms with E-state index < -0.39 is 17.6 Å². The minimum atomic E-state index is -4.37. The van der Waals surface area contributed by atoms with Crippen LogP contribution in [0.25, 0.3) is 4.85 Å². The predicted octanol–water partition coefficient (Wildman–Crippen LogP) is 4.85. The molecule has 2 aromatic carbocycles. The van der Waals surface area contributed by atoms with Gasteiger partial charge in [0.25, 0.3) is 0 Å². The number of alkyl halides is 3. The van der Waals surface area contributed by atoms with E-state index in [1.54, 1.807) is 15.9 Å². The molecule has 2 fully saturated rings. The molecule has 0 unspecified atom stereocenters. The standard InChI is InChI=1S/C22H19F4N3O/c1-27-19-4-2-3-18(23)20(19)28-9-11-29(12-10-28)21(30)17-13-16(17)14-5-7-15(8-6-14)22(24,25)26/h2-8,16-17H,9-13H2/t16-,17-/m0/s1. The molecule has 30 heavy (non-hydrogen) atoms. The van der Waals surface area contributed by atoms with Crippen molar-refractivity contribution in [1.82, 2.24) is 4.90 Å². The van der Waals surface area contributed by atoms with Gasteiger partial charge in [-0.05, 0) is 36.1 Å². The first kappa shape index (κ1) is 20.2. The molecule has 2 aromatic rings. The first-order chi connectivity index (χ1) is 14.3. The molecule has 8 heteroatoms. The average molecular weight is 417 g/mol. The third-order valence-electron chi connectivity index (χ3n) is 5.77. The van der Waals surface area contributed by atoms with Gasteiger partial charge in [0.05, 0.1) is 17.8 Å². The zero-order chi connectivity index (χ0) is 21.5. The highest BCUT2D eigenvalue weighted by atomic mass is 19.4. The summed E-state index contributed by atoms with van der Waals surface area (Å²) in [7, 11) is 0. The summed E-state index contributed by atoms with van der Waals surface area (Å²) < 4.78 is 52.3. The molecule has 1 aliphatic heterocycles. The Hall–Kier alpha value is -3.08. The molecule has 156 valence electrons. The van der Waals surface area contributed by atoms with Crippen LogP contribution in [0.3, 0.4) is 0 Å². The Balaban J connectivity index is 1.37. The summed E-state index contributed by atoms with van der Waals surface area (Å²) in [5.41, 5.74) is 0.568. The van der Waals surface area contributed by atoms with Crippen LogP contribution in [0.5, 0.6) is 0 Å². The number of carbonyl (C=O) groups excluding carboxylic acids is 1. The Bertz CT molecular complexity index is 989. The number of rotatable bonds is 3. The molecular weight excluding hydrogens is 398 g/mol. The molecule has 1 amide bonds. The van der Waals surface area contributed by atoms with Crippen molar-refractivity contribution in [3.8, 4) is 0 Å². The second-order valence-electron chi connectivity index (χ2n) is 7.60. The SMILES string of the molecule is [C-]#[N+]c1cccc(F)c1N1CCN(C(=O)[C@H]2C[C@H]2c2ccc(C(F)(F)F)cc2)CC1. The Labute approximate surface area is 171 Å². The van der Waals surface area contributed by atoms with E-state index in [1.807, 2.05) is 0 Å². The van der Waals surface area contributed by atoms with Crippen molar-refractivity contribution < 1.29 is 22.4 Å². The van der Waals surface area contributed by atoms with Gasteiger partial charge in [-0.3, -0.25) is 4.79 Å². The van der Waals surface area contributed by atoms with Crippen molar-refractivity contribution in [2.45, 2.75) is 18.5 Å². The van der Waals surface area contributed by atoms with E-state index in [0.717, 1.165) is 17.7 Å². The topological polar surface area (TPSA) is 27.9 Å². The highest BCUT2D eigenvalue weighted by Crippen LogP contribution is 2.49. The first-order valence-electron chi connectivity index (χ1n) is 9.66. The van der Waals surface area contributed by atoms with E-state index >= 15 is 0 Å². The third-order valence-corrected chi connectivity index (χ3v) is 5.77. The normalized spacial score (nSPS) is 21.3. The smallest absolute Gasteiger partial charge is 0.374 e.